The average Bonchev–Trinajstić information content (AvgIpc) is 2.17. The Balaban J connectivity index is 0. The van der Waals surface area contributed by atoms with E-state index < -0.39 is 5.60 Å². The lowest BCUT2D eigenvalue weighted by molar-refractivity contribution is 0.0154. The van der Waals surface area contributed by atoms with Crippen molar-refractivity contribution in [3.63, 3.8) is 0 Å². The Labute approximate surface area is 99.9 Å². The fraction of sp³-hybridized carbons (Fsp3) is 0.917. The maximum atomic E-state index is 11.5. The first-order valence-corrected chi connectivity index (χ1v) is 5.72. The summed E-state index contributed by atoms with van der Waals surface area (Å²) in [5.74, 6) is 0. The van der Waals surface area contributed by atoms with Crippen molar-refractivity contribution in [2.24, 2.45) is 0 Å². The number of ether oxygens (including phenoxy) is 2. The molecule has 0 aliphatic heterocycles. The summed E-state index contributed by atoms with van der Waals surface area (Å²) in [7, 11) is 3.32. The largest absolute Gasteiger partial charge is 0.444 e. The minimum absolute atomic E-state index is 0.0230. The zero-order chi connectivity index (χ0) is 13.4. The van der Waals surface area contributed by atoms with E-state index in [0.717, 1.165) is 0 Å². The third-order valence-electron chi connectivity index (χ3n) is 1.75. The molecule has 0 rings (SSSR count). The van der Waals surface area contributed by atoms with E-state index in [2.05, 4.69) is 0 Å². The lowest BCUT2D eigenvalue weighted by atomic mass is 10.2. The molecule has 0 aromatic carbocycles. The zero-order valence-electron chi connectivity index (χ0n) is 12.0. The van der Waals surface area contributed by atoms with Crippen molar-refractivity contribution < 1.29 is 14.3 Å². The highest BCUT2D eigenvalue weighted by Gasteiger charge is 2.22. The number of hydrogen-bond acceptors (Lipinski definition) is 3. The quantitative estimate of drug-likeness (QED) is 0.752. The highest BCUT2D eigenvalue weighted by atomic mass is 16.6. The molecule has 1 amide bonds. The van der Waals surface area contributed by atoms with E-state index >= 15 is 0 Å². The fourth-order valence-electron chi connectivity index (χ4n) is 0.867. The van der Waals surface area contributed by atoms with E-state index in [4.69, 9.17) is 9.47 Å². The predicted octanol–water partition coefficient (Wildman–Crippen LogP) is 2.91. The average molecular weight is 233 g/mol. The van der Waals surface area contributed by atoms with E-state index in [9.17, 15) is 4.79 Å². The summed E-state index contributed by atoms with van der Waals surface area (Å²) in [5, 5.41) is 0. The minimum Gasteiger partial charge on any atom is -0.444 e. The van der Waals surface area contributed by atoms with Crippen LogP contribution in [-0.4, -0.2) is 43.4 Å². The number of rotatable bonds is 3. The van der Waals surface area contributed by atoms with Crippen LogP contribution in [0.5, 0.6) is 0 Å². The third kappa shape index (κ3) is 8.53. The van der Waals surface area contributed by atoms with Gasteiger partial charge in [-0.1, -0.05) is 13.8 Å². The monoisotopic (exact) mass is 233 g/mol. The number of methoxy groups -OCH3 is 1. The summed E-state index contributed by atoms with van der Waals surface area (Å²) in [6.45, 7) is 12.0. The van der Waals surface area contributed by atoms with Gasteiger partial charge in [-0.25, -0.2) is 4.79 Å². The van der Waals surface area contributed by atoms with E-state index in [1.54, 1.807) is 14.2 Å². The minimum atomic E-state index is -0.446. The van der Waals surface area contributed by atoms with Crippen molar-refractivity contribution in [2.45, 2.75) is 53.2 Å². The maximum absolute atomic E-state index is 11.5. The van der Waals surface area contributed by atoms with Crippen molar-refractivity contribution in [1.82, 2.24) is 4.90 Å². The van der Waals surface area contributed by atoms with Gasteiger partial charge in [0.15, 0.2) is 0 Å². The van der Waals surface area contributed by atoms with Crippen LogP contribution in [-0.2, 0) is 9.47 Å². The number of carbonyl (C=O) groups excluding carboxylic acids is 1. The van der Waals surface area contributed by atoms with Gasteiger partial charge in [0, 0.05) is 14.2 Å². The molecule has 0 unspecified atom stereocenters. The van der Waals surface area contributed by atoms with Crippen LogP contribution in [0.2, 0.25) is 0 Å². The third-order valence-corrected chi connectivity index (χ3v) is 1.75. The molecular weight excluding hydrogens is 206 g/mol. The summed E-state index contributed by atoms with van der Waals surface area (Å²) in [6.07, 6.45) is -0.318. The molecule has 16 heavy (non-hydrogen) atoms. The number of nitrogens with zero attached hydrogens (tertiary/aromatic N) is 1. The molecule has 1 atom stereocenters. The van der Waals surface area contributed by atoms with Crippen LogP contribution in [0.15, 0.2) is 0 Å². The van der Waals surface area contributed by atoms with Crippen LogP contribution in [0, 0.1) is 0 Å². The van der Waals surface area contributed by atoms with Gasteiger partial charge in [0.25, 0.3) is 0 Å². The van der Waals surface area contributed by atoms with Gasteiger partial charge in [-0.2, -0.15) is 0 Å². The highest BCUT2D eigenvalue weighted by Crippen LogP contribution is 2.10. The van der Waals surface area contributed by atoms with Gasteiger partial charge >= 0.3 is 6.09 Å². The van der Waals surface area contributed by atoms with E-state index in [0.29, 0.717) is 6.61 Å². The van der Waals surface area contributed by atoms with Crippen molar-refractivity contribution >= 4 is 6.09 Å². The van der Waals surface area contributed by atoms with Gasteiger partial charge in [-0.05, 0) is 27.7 Å². The van der Waals surface area contributed by atoms with Crippen LogP contribution in [0.25, 0.3) is 0 Å². The lowest BCUT2D eigenvalue weighted by Gasteiger charge is -2.28. The summed E-state index contributed by atoms with van der Waals surface area (Å²) in [5.41, 5.74) is -0.446. The van der Waals surface area contributed by atoms with Crippen molar-refractivity contribution in [3.8, 4) is 0 Å². The Morgan fingerprint density at radius 3 is 2.06 bits per heavy atom. The van der Waals surface area contributed by atoms with Crippen LogP contribution >= 0.6 is 0 Å². The predicted molar refractivity (Wildman–Crippen MR) is 66.7 cm³/mol. The van der Waals surface area contributed by atoms with Crippen molar-refractivity contribution in [2.75, 3.05) is 20.8 Å². The standard InChI is InChI=1S/C10H21NO3.C2H6/c1-8(7-13-6)11(5)9(12)14-10(2,3)4;1-2/h8H,7H2,1-6H3;1-2H3/t8-;/m1./s1. The Morgan fingerprint density at radius 2 is 1.75 bits per heavy atom. The molecular formula is C12H27NO3. The van der Waals surface area contributed by atoms with Crippen molar-refractivity contribution in [3.05, 3.63) is 0 Å². The second kappa shape index (κ2) is 8.39. The molecule has 0 heterocycles. The first kappa shape index (κ1) is 17.6. The van der Waals surface area contributed by atoms with Crippen LogP contribution in [0.3, 0.4) is 0 Å². The first-order chi connectivity index (χ1) is 7.28. The number of amides is 1. The SMILES string of the molecule is CC.COC[C@@H](C)N(C)C(=O)OC(C)(C)C. The molecule has 4 nitrogen and oxygen atoms in total. The lowest BCUT2D eigenvalue weighted by Crippen LogP contribution is -2.41. The summed E-state index contributed by atoms with van der Waals surface area (Å²) in [6, 6.07) is 0.0230. The highest BCUT2D eigenvalue weighted by molar-refractivity contribution is 5.68. The molecule has 0 bridgehead atoms. The molecule has 0 aliphatic carbocycles. The van der Waals surface area contributed by atoms with Gasteiger partial charge in [0.1, 0.15) is 5.60 Å². The molecule has 0 aliphatic rings. The van der Waals surface area contributed by atoms with Crippen LogP contribution in [0.4, 0.5) is 4.79 Å². The summed E-state index contributed by atoms with van der Waals surface area (Å²) >= 11 is 0. The van der Waals surface area contributed by atoms with Crippen molar-refractivity contribution in [1.29, 1.82) is 0 Å². The molecule has 0 saturated carbocycles. The molecule has 0 aromatic heterocycles. The molecule has 0 N–H and O–H groups in total. The first-order valence-electron chi connectivity index (χ1n) is 5.72. The molecule has 0 aromatic rings. The number of carbonyl (C=O) groups is 1. The smallest absolute Gasteiger partial charge is 0.410 e. The molecule has 0 saturated heterocycles. The van der Waals surface area contributed by atoms with E-state index in [1.165, 1.54) is 4.90 Å². The molecule has 98 valence electrons. The normalized spacial score (nSPS) is 12.2. The van der Waals surface area contributed by atoms with Gasteiger partial charge < -0.3 is 14.4 Å². The van der Waals surface area contributed by atoms with Crippen LogP contribution < -0.4 is 0 Å². The summed E-state index contributed by atoms with van der Waals surface area (Å²) < 4.78 is 10.2. The zero-order valence-corrected chi connectivity index (χ0v) is 12.0. The molecule has 0 radical (unpaired) electrons. The van der Waals surface area contributed by atoms with Gasteiger partial charge in [0.05, 0.1) is 12.6 Å². The van der Waals surface area contributed by atoms with E-state index in [1.807, 2.05) is 41.5 Å². The number of likely N-dealkylation sites (N-methyl/N-ethyl adjacent to an activating group) is 1. The Morgan fingerprint density at radius 1 is 1.31 bits per heavy atom. The Hall–Kier alpha value is -0.770. The summed E-state index contributed by atoms with van der Waals surface area (Å²) in [4.78, 5) is 13.1. The molecule has 0 fully saturated rings. The molecule has 4 heteroatoms. The van der Waals surface area contributed by atoms with Gasteiger partial charge in [0.2, 0.25) is 0 Å². The maximum Gasteiger partial charge on any atom is 0.410 e. The second-order valence-corrected chi connectivity index (χ2v) is 4.40. The van der Waals surface area contributed by atoms with Crippen LogP contribution in [0.1, 0.15) is 41.5 Å². The number of hydrogen-bond donors (Lipinski definition) is 0. The Bertz CT molecular complexity index is 187. The molecule has 0 spiro atoms. The second-order valence-electron chi connectivity index (χ2n) is 4.40. The topological polar surface area (TPSA) is 38.8 Å². The Kier molecular flexibility index (Phi) is 9.24. The van der Waals surface area contributed by atoms with Gasteiger partial charge in [-0.3, -0.25) is 0 Å². The fourth-order valence-corrected chi connectivity index (χ4v) is 0.867. The van der Waals surface area contributed by atoms with E-state index in [-0.39, 0.29) is 12.1 Å². The van der Waals surface area contributed by atoms with Gasteiger partial charge in [-0.15, -0.1) is 0 Å².